The van der Waals surface area contributed by atoms with Gasteiger partial charge in [-0.1, -0.05) is 29.5 Å². The van der Waals surface area contributed by atoms with Crippen molar-refractivity contribution in [3.8, 4) is 22.9 Å². The summed E-state index contributed by atoms with van der Waals surface area (Å²) in [5.74, 6) is 1.49. The summed E-state index contributed by atoms with van der Waals surface area (Å²) in [6.45, 7) is 2.85. The summed E-state index contributed by atoms with van der Waals surface area (Å²) in [5.41, 5.74) is 1.84. The van der Waals surface area contributed by atoms with E-state index in [0.717, 1.165) is 40.1 Å². The Morgan fingerprint density at radius 2 is 1.87 bits per heavy atom. The van der Waals surface area contributed by atoms with Crippen LogP contribution in [0.2, 0.25) is 0 Å². The Labute approximate surface area is 185 Å². The van der Waals surface area contributed by atoms with E-state index in [-0.39, 0.29) is 0 Å². The number of imidazole rings is 1. The number of pyridine rings is 1. The van der Waals surface area contributed by atoms with Gasteiger partial charge in [0.25, 0.3) is 0 Å². The zero-order chi connectivity index (χ0) is 21.5. The van der Waals surface area contributed by atoms with Crippen LogP contribution in [0.1, 0.15) is 6.42 Å². The van der Waals surface area contributed by atoms with Gasteiger partial charge < -0.3 is 19.7 Å². The zero-order valence-electron chi connectivity index (χ0n) is 17.7. The number of rotatable bonds is 11. The van der Waals surface area contributed by atoms with Crippen molar-refractivity contribution in [2.45, 2.75) is 6.42 Å². The van der Waals surface area contributed by atoms with E-state index in [0.29, 0.717) is 25.6 Å². The molecule has 0 aliphatic heterocycles. The molecule has 0 aliphatic rings. The number of hydrogen-bond acceptors (Lipinski definition) is 8. The number of ether oxygens (including phenoxy) is 2. The minimum absolute atomic E-state index is 0.554. The smallest absolute Gasteiger partial charge is 0.214 e. The van der Waals surface area contributed by atoms with Crippen LogP contribution in [0.25, 0.3) is 16.2 Å². The van der Waals surface area contributed by atoms with Gasteiger partial charge in [0.1, 0.15) is 12.4 Å². The highest BCUT2D eigenvalue weighted by atomic mass is 32.1. The fraction of sp³-hybridized carbons (Fsp3) is 0.318. The summed E-state index contributed by atoms with van der Waals surface area (Å²) >= 11 is 1.50. The van der Waals surface area contributed by atoms with Gasteiger partial charge in [-0.05, 0) is 38.7 Å². The molecule has 0 spiro atoms. The second-order valence-corrected chi connectivity index (χ2v) is 8.18. The third-order valence-corrected chi connectivity index (χ3v) is 5.39. The normalized spacial score (nSPS) is 11.2. The van der Waals surface area contributed by atoms with E-state index >= 15 is 0 Å². The van der Waals surface area contributed by atoms with E-state index in [2.05, 4.69) is 39.4 Å². The van der Waals surface area contributed by atoms with E-state index in [4.69, 9.17) is 9.47 Å². The minimum atomic E-state index is 0.554. The molecule has 1 aromatic carbocycles. The molecule has 3 heterocycles. The lowest BCUT2D eigenvalue weighted by atomic mass is 10.2. The van der Waals surface area contributed by atoms with Crippen molar-refractivity contribution >= 4 is 21.4 Å². The maximum atomic E-state index is 5.71. The maximum Gasteiger partial charge on any atom is 0.214 e. The van der Waals surface area contributed by atoms with E-state index in [1.54, 1.807) is 6.20 Å². The first kappa shape index (κ1) is 21.1. The van der Waals surface area contributed by atoms with Gasteiger partial charge in [0, 0.05) is 24.4 Å². The molecule has 0 bridgehead atoms. The predicted octanol–water partition coefficient (Wildman–Crippen LogP) is 3.67. The Bertz CT molecular complexity index is 1080. The van der Waals surface area contributed by atoms with Crippen LogP contribution in [-0.4, -0.2) is 64.9 Å². The van der Waals surface area contributed by atoms with Crippen LogP contribution in [0.3, 0.4) is 0 Å². The predicted molar refractivity (Wildman–Crippen MR) is 123 cm³/mol. The molecule has 162 valence electrons. The number of para-hydroxylation sites is 1. The summed E-state index contributed by atoms with van der Waals surface area (Å²) in [6.07, 6.45) is 4.57. The van der Waals surface area contributed by atoms with E-state index in [1.165, 1.54) is 11.3 Å². The fourth-order valence-corrected chi connectivity index (χ4v) is 3.78. The lowest BCUT2D eigenvalue weighted by Gasteiger charge is -2.10. The Morgan fingerprint density at radius 3 is 2.65 bits per heavy atom. The van der Waals surface area contributed by atoms with Crippen LogP contribution in [0.5, 0.6) is 11.6 Å². The highest BCUT2D eigenvalue weighted by Gasteiger charge is 2.12. The van der Waals surface area contributed by atoms with Gasteiger partial charge in [-0.3, -0.25) is 0 Å². The van der Waals surface area contributed by atoms with Gasteiger partial charge in [0.2, 0.25) is 16.0 Å². The second-order valence-electron chi connectivity index (χ2n) is 7.22. The van der Waals surface area contributed by atoms with Crippen LogP contribution >= 0.6 is 11.3 Å². The Kier molecular flexibility index (Phi) is 6.96. The number of aromatic nitrogens is 4. The molecule has 0 amide bonds. The molecule has 0 unspecified atom stereocenters. The van der Waals surface area contributed by atoms with Crippen molar-refractivity contribution < 1.29 is 9.47 Å². The second kappa shape index (κ2) is 10.2. The largest absolute Gasteiger partial charge is 0.492 e. The highest BCUT2D eigenvalue weighted by Crippen LogP contribution is 2.26. The Morgan fingerprint density at radius 1 is 1.00 bits per heavy atom. The molecule has 8 nitrogen and oxygen atoms in total. The number of nitrogens with one attached hydrogen (secondary N) is 1. The standard InChI is InChI=1S/C22H26N6O2S/c1-27(2)12-6-13-30-20-10-9-17(15-24-20)19-16-25-22-28(19)26-21(31-22)23-11-14-29-18-7-4-3-5-8-18/h3-5,7-10,15-16H,6,11-14H2,1-2H3,(H,23,26). The van der Waals surface area contributed by atoms with Gasteiger partial charge in [0.15, 0.2) is 0 Å². The van der Waals surface area contributed by atoms with Crippen LogP contribution < -0.4 is 14.8 Å². The average Bonchev–Trinajstić information content (AvgIpc) is 3.36. The first-order valence-corrected chi connectivity index (χ1v) is 11.0. The monoisotopic (exact) mass is 438 g/mol. The van der Waals surface area contributed by atoms with Crippen molar-refractivity contribution in [2.24, 2.45) is 0 Å². The molecular weight excluding hydrogens is 412 g/mol. The molecular formula is C22H26N6O2S. The van der Waals surface area contributed by atoms with Gasteiger partial charge in [-0.2, -0.15) is 0 Å². The third kappa shape index (κ3) is 5.71. The van der Waals surface area contributed by atoms with Gasteiger partial charge in [-0.25, -0.2) is 14.5 Å². The van der Waals surface area contributed by atoms with E-state index in [9.17, 15) is 0 Å². The van der Waals surface area contributed by atoms with Crippen LogP contribution in [0.15, 0.2) is 54.9 Å². The van der Waals surface area contributed by atoms with Crippen LogP contribution in [0.4, 0.5) is 5.13 Å². The molecule has 0 radical (unpaired) electrons. The first-order valence-electron chi connectivity index (χ1n) is 10.2. The van der Waals surface area contributed by atoms with Crippen molar-refractivity contribution in [1.29, 1.82) is 0 Å². The minimum Gasteiger partial charge on any atom is -0.492 e. The summed E-state index contributed by atoms with van der Waals surface area (Å²) in [5, 5.41) is 8.73. The summed E-state index contributed by atoms with van der Waals surface area (Å²) in [7, 11) is 4.11. The number of anilines is 1. The molecule has 9 heteroatoms. The van der Waals surface area contributed by atoms with Crippen molar-refractivity contribution in [1.82, 2.24) is 24.5 Å². The van der Waals surface area contributed by atoms with Crippen LogP contribution in [-0.2, 0) is 0 Å². The molecule has 0 saturated heterocycles. The van der Waals surface area contributed by atoms with Crippen LogP contribution in [0, 0.1) is 0 Å². The van der Waals surface area contributed by atoms with Gasteiger partial charge in [0.05, 0.1) is 25.0 Å². The van der Waals surface area contributed by atoms with E-state index in [1.807, 2.05) is 53.2 Å². The first-order chi connectivity index (χ1) is 15.2. The van der Waals surface area contributed by atoms with Gasteiger partial charge >= 0.3 is 0 Å². The molecule has 4 rings (SSSR count). The molecule has 0 atom stereocenters. The topological polar surface area (TPSA) is 76.8 Å². The number of nitrogens with zero attached hydrogens (tertiary/aromatic N) is 5. The van der Waals surface area contributed by atoms with Crippen molar-refractivity contribution in [3.63, 3.8) is 0 Å². The Balaban J connectivity index is 1.33. The molecule has 31 heavy (non-hydrogen) atoms. The van der Waals surface area contributed by atoms with E-state index < -0.39 is 0 Å². The molecule has 0 saturated carbocycles. The van der Waals surface area contributed by atoms with Crippen molar-refractivity contribution in [3.05, 3.63) is 54.9 Å². The lowest BCUT2D eigenvalue weighted by Crippen LogP contribution is -2.15. The number of fused-ring (bicyclic) bond motifs is 1. The molecule has 1 N–H and O–H groups in total. The zero-order valence-corrected chi connectivity index (χ0v) is 18.5. The van der Waals surface area contributed by atoms with Gasteiger partial charge in [-0.15, -0.1) is 5.10 Å². The lowest BCUT2D eigenvalue weighted by molar-refractivity contribution is 0.273. The number of hydrogen-bond donors (Lipinski definition) is 1. The molecule has 4 aromatic rings. The quantitative estimate of drug-likeness (QED) is 0.358. The van der Waals surface area contributed by atoms with Crippen molar-refractivity contribution in [2.75, 3.05) is 45.7 Å². The summed E-state index contributed by atoms with van der Waals surface area (Å²) < 4.78 is 13.2. The average molecular weight is 439 g/mol. The highest BCUT2D eigenvalue weighted by molar-refractivity contribution is 7.20. The summed E-state index contributed by atoms with van der Waals surface area (Å²) in [6, 6.07) is 13.6. The SMILES string of the molecule is CN(C)CCCOc1ccc(-c2cnc3sc(NCCOc4ccccc4)nn23)cn1. The third-order valence-electron chi connectivity index (χ3n) is 4.51. The number of benzene rings is 1. The summed E-state index contributed by atoms with van der Waals surface area (Å²) in [4.78, 5) is 11.9. The fourth-order valence-electron chi connectivity index (χ4n) is 2.98. The molecule has 3 aromatic heterocycles. The molecule has 0 fully saturated rings. The molecule has 0 aliphatic carbocycles. The maximum absolute atomic E-state index is 5.71. The Hall–Kier alpha value is -3.17.